The summed E-state index contributed by atoms with van der Waals surface area (Å²) in [6.45, 7) is 14.6. The highest BCUT2D eigenvalue weighted by molar-refractivity contribution is 7.46. The predicted molar refractivity (Wildman–Crippen MR) is 113 cm³/mol. The molecule has 150 valence electrons. The quantitative estimate of drug-likeness (QED) is 0.276. The topological polar surface area (TPSA) is 82.5 Å². The van der Waals surface area contributed by atoms with E-state index < -0.39 is 8.03 Å². The van der Waals surface area contributed by atoms with Crippen LogP contribution in [0.3, 0.4) is 0 Å². The van der Waals surface area contributed by atoms with Gasteiger partial charge in [0.15, 0.2) is 0 Å². The van der Waals surface area contributed by atoms with E-state index in [2.05, 4.69) is 42.0 Å². The highest BCUT2D eigenvalue weighted by atomic mass is 31.1. The molecule has 0 bridgehead atoms. The van der Waals surface area contributed by atoms with E-state index in [0.29, 0.717) is 25.0 Å². The monoisotopic (exact) mass is 394 g/mol. The van der Waals surface area contributed by atoms with Gasteiger partial charge in [0.2, 0.25) is 11.9 Å². The molecule has 0 radical (unpaired) electrons. The van der Waals surface area contributed by atoms with Gasteiger partial charge in [0.25, 0.3) is 0 Å². The zero-order chi connectivity index (χ0) is 20.1. The molecule has 1 unspecified atom stereocenters. The summed E-state index contributed by atoms with van der Waals surface area (Å²) in [6, 6.07) is 0. The Labute approximate surface area is 164 Å². The standard InChI is InChI=1S/C19H32N5O2P/c1-5-9-11-15-23(13-7-3)17-20-18(22-19(21-17)27(25)26)24(14-8-4)16-12-10-6-2/h7-8H,3-6,9-16H2,1-2H3/p+1. The summed E-state index contributed by atoms with van der Waals surface area (Å²) in [5, 5.41) is 0. The Morgan fingerprint density at radius 3 is 1.67 bits per heavy atom. The van der Waals surface area contributed by atoms with Crippen molar-refractivity contribution >= 4 is 25.5 Å². The fourth-order valence-corrected chi connectivity index (χ4v) is 3.02. The van der Waals surface area contributed by atoms with Crippen molar-refractivity contribution in [1.29, 1.82) is 0 Å². The van der Waals surface area contributed by atoms with Crippen LogP contribution in [0.15, 0.2) is 25.3 Å². The Hall–Kier alpha value is -1.85. The van der Waals surface area contributed by atoms with Crippen LogP contribution in [-0.2, 0) is 4.57 Å². The lowest BCUT2D eigenvalue weighted by molar-refractivity contribution is 0.511. The van der Waals surface area contributed by atoms with Crippen molar-refractivity contribution in [2.75, 3.05) is 36.0 Å². The maximum atomic E-state index is 11.7. The molecular weight excluding hydrogens is 361 g/mol. The number of hydrogen-bond acceptors (Lipinski definition) is 6. The van der Waals surface area contributed by atoms with Crippen LogP contribution in [0.4, 0.5) is 11.9 Å². The van der Waals surface area contributed by atoms with E-state index in [1.54, 1.807) is 12.2 Å². The van der Waals surface area contributed by atoms with Crippen molar-refractivity contribution in [2.24, 2.45) is 0 Å². The average Bonchev–Trinajstić information content (AvgIpc) is 2.66. The Morgan fingerprint density at radius 2 is 1.33 bits per heavy atom. The van der Waals surface area contributed by atoms with Gasteiger partial charge in [0.05, 0.1) is 0 Å². The number of unbranched alkanes of at least 4 members (excludes halogenated alkanes) is 4. The predicted octanol–water partition coefficient (Wildman–Crippen LogP) is 3.60. The third-order valence-electron chi connectivity index (χ3n) is 4.10. The van der Waals surface area contributed by atoms with Crippen LogP contribution in [-0.4, -0.2) is 46.0 Å². The normalized spacial score (nSPS) is 11.1. The van der Waals surface area contributed by atoms with E-state index in [1.165, 1.54) is 0 Å². The van der Waals surface area contributed by atoms with Gasteiger partial charge in [-0.15, -0.1) is 23.1 Å². The summed E-state index contributed by atoms with van der Waals surface area (Å²) in [7, 11) is -2.65. The SMILES string of the molecule is C=CCN(CCCCC)c1nc(N(CC=C)CCCCC)nc([P+](=O)O)n1. The van der Waals surface area contributed by atoms with E-state index in [4.69, 9.17) is 0 Å². The number of hydrogen-bond donors (Lipinski definition) is 1. The van der Waals surface area contributed by atoms with E-state index in [-0.39, 0.29) is 5.57 Å². The zero-order valence-electron chi connectivity index (χ0n) is 16.7. The molecule has 0 amide bonds. The van der Waals surface area contributed by atoms with Gasteiger partial charge in [-0.25, -0.2) is 0 Å². The Bertz CT molecular complexity index is 570. The van der Waals surface area contributed by atoms with Crippen LogP contribution in [0.25, 0.3) is 0 Å². The molecular formula is C19H33N5O2P+. The molecule has 1 aromatic rings. The molecule has 0 aliphatic heterocycles. The van der Waals surface area contributed by atoms with Gasteiger partial charge in [0, 0.05) is 26.2 Å². The minimum atomic E-state index is -2.65. The second-order valence-electron chi connectivity index (χ2n) is 6.39. The van der Waals surface area contributed by atoms with Crippen molar-refractivity contribution in [1.82, 2.24) is 15.0 Å². The van der Waals surface area contributed by atoms with Gasteiger partial charge in [-0.1, -0.05) is 51.7 Å². The Morgan fingerprint density at radius 1 is 0.889 bits per heavy atom. The van der Waals surface area contributed by atoms with Crippen LogP contribution in [0, 0.1) is 0 Å². The van der Waals surface area contributed by atoms with Crippen LogP contribution in [0.5, 0.6) is 0 Å². The van der Waals surface area contributed by atoms with Gasteiger partial charge < -0.3 is 9.80 Å². The molecule has 1 N–H and O–H groups in total. The van der Waals surface area contributed by atoms with Crippen molar-refractivity contribution in [3.8, 4) is 0 Å². The van der Waals surface area contributed by atoms with E-state index in [0.717, 1.165) is 51.6 Å². The molecule has 1 heterocycles. The maximum absolute atomic E-state index is 11.7. The smallest absolute Gasteiger partial charge is 0.337 e. The Kier molecular flexibility index (Phi) is 11.5. The number of rotatable bonds is 15. The van der Waals surface area contributed by atoms with Gasteiger partial charge in [-0.2, -0.15) is 9.88 Å². The minimum Gasteiger partial charge on any atom is -0.337 e. The lowest BCUT2D eigenvalue weighted by Gasteiger charge is -2.24. The first-order valence-corrected chi connectivity index (χ1v) is 10.9. The molecule has 0 aromatic carbocycles. The molecule has 1 rings (SSSR count). The number of anilines is 2. The van der Waals surface area contributed by atoms with Crippen molar-refractivity contribution in [2.45, 2.75) is 52.4 Å². The third kappa shape index (κ3) is 8.14. The van der Waals surface area contributed by atoms with Gasteiger partial charge in [0.1, 0.15) is 0 Å². The molecule has 0 aliphatic rings. The summed E-state index contributed by atoms with van der Waals surface area (Å²) < 4.78 is 11.7. The zero-order valence-corrected chi connectivity index (χ0v) is 17.6. The lowest BCUT2D eigenvalue weighted by atomic mass is 10.2. The Balaban J connectivity index is 3.19. The molecule has 27 heavy (non-hydrogen) atoms. The van der Waals surface area contributed by atoms with E-state index in [1.807, 2.05) is 9.80 Å². The maximum Gasteiger partial charge on any atom is 0.588 e. The van der Waals surface area contributed by atoms with Crippen LogP contribution in [0.2, 0.25) is 0 Å². The molecule has 7 nitrogen and oxygen atoms in total. The van der Waals surface area contributed by atoms with E-state index in [9.17, 15) is 9.46 Å². The second-order valence-corrected chi connectivity index (χ2v) is 7.34. The van der Waals surface area contributed by atoms with Crippen LogP contribution < -0.4 is 15.4 Å². The first kappa shape index (κ1) is 23.2. The first-order chi connectivity index (χ1) is 13.1. The second kappa shape index (κ2) is 13.3. The largest absolute Gasteiger partial charge is 0.588 e. The fraction of sp³-hybridized carbons (Fsp3) is 0.632. The average molecular weight is 394 g/mol. The van der Waals surface area contributed by atoms with Gasteiger partial charge in [-0.3, -0.25) is 0 Å². The minimum absolute atomic E-state index is 0.0842. The van der Waals surface area contributed by atoms with Gasteiger partial charge >= 0.3 is 13.6 Å². The lowest BCUT2D eigenvalue weighted by Crippen LogP contribution is -2.33. The molecule has 0 fully saturated rings. The van der Waals surface area contributed by atoms with Crippen molar-refractivity contribution in [3.05, 3.63) is 25.3 Å². The molecule has 0 saturated carbocycles. The van der Waals surface area contributed by atoms with Crippen LogP contribution >= 0.6 is 8.03 Å². The highest BCUT2D eigenvalue weighted by Gasteiger charge is 2.27. The summed E-state index contributed by atoms with van der Waals surface area (Å²) >= 11 is 0. The summed E-state index contributed by atoms with van der Waals surface area (Å²) in [5.41, 5.74) is -0.0842. The van der Waals surface area contributed by atoms with Crippen molar-refractivity contribution < 1.29 is 9.46 Å². The molecule has 0 aliphatic carbocycles. The molecule has 1 aromatic heterocycles. The molecule has 0 spiro atoms. The molecule has 8 heteroatoms. The number of aromatic nitrogens is 3. The van der Waals surface area contributed by atoms with Crippen LogP contribution in [0.1, 0.15) is 52.4 Å². The highest BCUT2D eigenvalue weighted by Crippen LogP contribution is 2.18. The van der Waals surface area contributed by atoms with Crippen molar-refractivity contribution in [3.63, 3.8) is 0 Å². The fourth-order valence-electron chi connectivity index (χ4n) is 2.67. The number of nitrogens with zero attached hydrogens (tertiary/aromatic N) is 5. The third-order valence-corrected chi connectivity index (χ3v) is 4.64. The van der Waals surface area contributed by atoms with Gasteiger partial charge in [-0.05, 0) is 17.4 Å². The summed E-state index contributed by atoms with van der Waals surface area (Å²) in [6.07, 6.45) is 10.0. The summed E-state index contributed by atoms with van der Waals surface area (Å²) in [4.78, 5) is 26.6. The van der Waals surface area contributed by atoms with E-state index >= 15 is 0 Å². The molecule has 1 atom stereocenters. The first-order valence-electron chi connectivity index (χ1n) is 9.71. The molecule has 0 saturated heterocycles. The summed E-state index contributed by atoms with van der Waals surface area (Å²) in [5.74, 6) is 0.848.